The van der Waals surface area contributed by atoms with Crippen molar-refractivity contribution in [1.29, 1.82) is 0 Å². The predicted molar refractivity (Wildman–Crippen MR) is 130 cm³/mol. The van der Waals surface area contributed by atoms with E-state index in [1.807, 2.05) is 19.1 Å². The molecule has 0 aliphatic carbocycles. The molecule has 9 heteroatoms. The van der Waals surface area contributed by atoms with Crippen molar-refractivity contribution in [3.8, 4) is 5.75 Å². The Bertz CT molecular complexity index is 752. The van der Waals surface area contributed by atoms with Crippen LogP contribution in [0.1, 0.15) is 37.8 Å². The van der Waals surface area contributed by atoms with Crippen molar-refractivity contribution >= 4 is 39.8 Å². The summed E-state index contributed by atoms with van der Waals surface area (Å²) in [5, 5.41) is 6.71. The number of nitrogens with one attached hydrogen (secondary N) is 2. The molecule has 2 N–H and O–H groups in total. The number of hydrogen-bond donors (Lipinski definition) is 2. The van der Waals surface area contributed by atoms with Gasteiger partial charge in [-0.25, -0.2) is 8.42 Å². The molecule has 1 aliphatic rings. The third kappa shape index (κ3) is 9.08. The number of guanidine groups is 1. The molecular formula is C20H35IN4O3S. The quantitative estimate of drug-likeness (QED) is 0.286. The minimum absolute atomic E-state index is 0. The lowest BCUT2D eigenvalue weighted by atomic mass is 10.1. The highest BCUT2D eigenvalue weighted by molar-refractivity contribution is 14.0. The largest absolute Gasteiger partial charge is 0.497 e. The van der Waals surface area contributed by atoms with Crippen LogP contribution in [-0.4, -0.2) is 71.1 Å². The summed E-state index contributed by atoms with van der Waals surface area (Å²) in [4.78, 5) is 6.79. The monoisotopic (exact) mass is 538 g/mol. The summed E-state index contributed by atoms with van der Waals surface area (Å²) in [7, 11) is 0.458. The molecule has 0 aromatic heterocycles. The van der Waals surface area contributed by atoms with Crippen molar-refractivity contribution < 1.29 is 13.2 Å². The van der Waals surface area contributed by atoms with E-state index < -0.39 is 9.84 Å². The first-order valence-corrected chi connectivity index (χ1v) is 11.9. The molecule has 166 valence electrons. The van der Waals surface area contributed by atoms with Gasteiger partial charge < -0.3 is 15.4 Å². The number of benzene rings is 1. The van der Waals surface area contributed by atoms with Gasteiger partial charge in [0.2, 0.25) is 0 Å². The third-order valence-electron chi connectivity index (χ3n) is 5.05. The van der Waals surface area contributed by atoms with Crippen LogP contribution in [-0.2, 0) is 9.84 Å². The second kappa shape index (κ2) is 12.6. The van der Waals surface area contributed by atoms with Gasteiger partial charge >= 0.3 is 0 Å². The van der Waals surface area contributed by atoms with E-state index in [4.69, 9.17) is 4.74 Å². The summed E-state index contributed by atoms with van der Waals surface area (Å²) < 4.78 is 28.1. The van der Waals surface area contributed by atoms with Crippen LogP contribution in [0.15, 0.2) is 29.3 Å². The number of likely N-dealkylation sites (tertiary alicyclic amines) is 1. The first-order valence-electron chi connectivity index (χ1n) is 9.85. The van der Waals surface area contributed by atoms with Crippen molar-refractivity contribution in [2.75, 3.05) is 45.8 Å². The van der Waals surface area contributed by atoms with Crippen molar-refractivity contribution in [2.24, 2.45) is 4.99 Å². The SMILES string of the molecule is CN=C(NCC(c1cccc(OC)c1)N1CCCC1)NC(C)CCS(C)(=O)=O.I. The van der Waals surface area contributed by atoms with E-state index in [1.165, 1.54) is 24.7 Å². The summed E-state index contributed by atoms with van der Waals surface area (Å²) in [6.45, 7) is 4.85. The maximum atomic E-state index is 11.4. The van der Waals surface area contributed by atoms with Gasteiger partial charge in [-0.3, -0.25) is 9.89 Å². The lowest BCUT2D eigenvalue weighted by Gasteiger charge is -2.29. The van der Waals surface area contributed by atoms with Gasteiger partial charge in [-0.1, -0.05) is 12.1 Å². The van der Waals surface area contributed by atoms with Crippen molar-refractivity contribution in [3.05, 3.63) is 29.8 Å². The number of ether oxygens (including phenoxy) is 1. The molecule has 7 nitrogen and oxygen atoms in total. The molecule has 0 radical (unpaired) electrons. The van der Waals surface area contributed by atoms with Gasteiger partial charge in [0.25, 0.3) is 0 Å². The normalized spacial score (nSPS) is 17.3. The van der Waals surface area contributed by atoms with E-state index in [-0.39, 0.29) is 41.8 Å². The second-order valence-electron chi connectivity index (χ2n) is 7.45. The van der Waals surface area contributed by atoms with Crippen LogP contribution in [0.3, 0.4) is 0 Å². The van der Waals surface area contributed by atoms with Crippen LogP contribution in [0, 0.1) is 0 Å². The highest BCUT2D eigenvalue weighted by Gasteiger charge is 2.24. The summed E-state index contributed by atoms with van der Waals surface area (Å²) >= 11 is 0. The number of aliphatic imine (C=N–C) groups is 1. The zero-order valence-corrected chi connectivity index (χ0v) is 21.0. The topological polar surface area (TPSA) is 83.0 Å². The van der Waals surface area contributed by atoms with Crippen molar-refractivity contribution in [2.45, 2.75) is 38.3 Å². The maximum Gasteiger partial charge on any atom is 0.191 e. The molecule has 1 saturated heterocycles. The van der Waals surface area contributed by atoms with E-state index in [0.717, 1.165) is 18.8 Å². The van der Waals surface area contributed by atoms with Gasteiger partial charge in [-0.05, 0) is 57.0 Å². The smallest absolute Gasteiger partial charge is 0.191 e. The van der Waals surface area contributed by atoms with Crippen molar-refractivity contribution in [1.82, 2.24) is 15.5 Å². The zero-order valence-electron chi connectivity index (χ0n) is 17.8. The zero-order chi connectivity index (χ0) is 20.6. The molecule has 29 heavy (non-hydrogen) atoms. The standard InChI is InChI=1S/C20H34N4O3S.HI/c1-16(10-13-28(4,25)26)23-20(21-2)22-15-19(24-11-5-6-12-24)17-8-7-9-18(14-17)27-3;/h7-9,14,16,19H,5-6,10-13,15H2,1-4H3,(H2,21,22,23);1H. The fourth-order valence-corrected chi connectivity index (χ4v) is 4.23. The molecule has 1 fully saturated rings. The fraction of sp³-hybridized carbons (Fsp3) is 0.650. The summed E-state index contributed by atoms with van der Waals surface area (Å²) in [5.41, 5.74) is 1.22. The van der Waals surface area contributed by atoms with Gasteiger partial charge in [0, 0.05) is 25.9 Å². The van der Waals surface area contributed by atoms with E-state index in [1.54, 1.807) is 14.2 Å². The van der Waals surface area contributed by atoms with Gasteiger partial charge in [0.05, 0.1) is 18.9 Å². The van der Waals surface area contributed by atoms with E-state index in [2.05, 4.69) is 32.7 Å². The van der Waals surface area contributed by atoms with E-state index in [0.29, 0.717) is 18.9 Å². The Morgan fingerprint density at radius 2 is 2.00 bits per heavy atom. The third-order valence-corrected chi connectivity index (χ3v) is 6.03. The molecule has 0 spiro atoms. The van der Waals surface area contributed by atoms with Gasteiger partial charge in [0.1, 0.15) is 15.6 Å². The fourth-order valence-electron chi connectivity index (χ4n) is 3.44. The Labute approximate surface area is 192 Å². The lowest BCUT2D eigenvalue weighted by molar-refractivity contribution is 0.244. The highest BCUT2D eigenvalue weighted by atomic mass is 127. The van der Waals surface area contributed by atoms with Crippen LogP contribution < -0.4 is 15.4 Å². The molecule has 1 aliphatic heterocycles. The van der Waals surface area contributed by atoms with Crippen LogP contribution in [0.2, 0.25) is 0 Å². The predicted octanol–water partition coefficient (Wildman–Crippen LogP) is 2.44. The van der Waals surface area contributed by atoms with Crippen LogP contribution in [0.25, 0.3) is 0 Å². The Kier molecular flexibility index (Phi) is 11.3. The summed E-state index contributed by atoms with van der Waals surface area (Å²) in [5.74, 6) is 1.71. The minimum atomic E-state index is -2.96. The lowest BCUT2D eigenvalue weighted by Crippen LogP contribution is -2.46. The molecule has 1 aromatic rings. The molecule has 1 aromatic carbocycles. The molecule has 2 unspecified atom stereocenters. The highest BCUT2D eigenvalue weighted by Crippen LogP contribution is 2.27. The number of rotatable bonds is 9. The number of halogens is 1. The molecule has 1 heterocycles. The van der Waals surface area contributed by atoms with Crippen LogP contribution in [0.5, 0.6) is 5.75 Å². The Morgan fingerprint density at radius 3 is 2.59 bits per heavy atom. The summed E-state index contributed by atoms with van der Waals surface area (Å²) in [6, 6.07) is 8.46. The molecule has 2 atom stereocenters. The molecule has 0 amide bonds. The number of hydrogen-bond acceptors (Lipinski definition) is 5. The Hall–Kier alpha value is -1.07. The van der Waals surface area contributed by atoms with Gasteiger partial charge in [0.15, 0.2) is 5.96 Å². The first kappa shape index (κ1) is 26.0. The molecule has 2 rings (SSSR count). The van der Waals surface area contributed by atoms with Gasteiger partial charge in [-0.2, -0.15) is 0 Å². The average molecular weight is 538 g/mol. The second-order valence-corrected chi connectivity index (χ2v) is 9.71. The maximum absolute atomic E-state index is 11.4. The molecular weight excluding hydrogens is 503 g/mol. The first-order chi connectivity index (χ1) is 13.3. The van der Waals surface area contributed by atoms with Crippen molar-refractivity contribution in [3.63, 3.8) is 0 Å². The number of methoxy groups -OCH3 is 1. The van der Waals surface area contributed by atoms with E-state index >= 15 is 0 Å². The average Bonchev–Trinajstić information content (AvgIpc) is 3.19. The summed E-state index contributed by atoms with van der Waals surface area (Å²) in [6.07, 6.45) is 4.25. The van der Waals surface area contributed by atoms with Crippen LogP contribution in [0.4, 0.5) is 0 Å². The number of sulfone groups is 1. The van der Waals surface area contributed by atoms with E-state index in [9.17, 15) is 8.42 Å². The Balaban J connectivity index is 0.00000420. The number of nitrogens with zero attached hydrogens (tertiary/aromatic N) is 2. The minimum Gasteiger partial charge on any atom is -0.497 e. The Morgan fingerprint density at radius 1 is 1.31 bits per heavy atom. The molecule has 0 saturated carbocycles. The van der Waals surface area contributed by atoms with Gasteiger partial charge in [-0.15, -0.1) is 24.0 Å². The van der Waals surface area contributed by atoms with Crippen LogP contribution >= 0.6 is 24.0 Å². The molecule has 0 bridgehead atoms.